The summed E-state index contributed by atoms with van der Waals surface area (Å²) >= 11 is 0. The fourth-order valence-corrected chi connectivity index (χ4v) is 4.35. The molecule has 180 valence electrons. The van der Waals surface area contributed by atoms with Gasteiger partial charge in [0.05, 0.1) is 35.9 Å². The van der Waals surface area contributed by atoms with Gasteiger partial charge < -0.3 is 24.1 Å². The second kappa shape index (κ2) is 8.63. The summed E-state index contributed by atoms with van der Waals surface area (Å²) in [6.07, 6.45) is 3.91. The summed E-state index contributed by atoms with van der Waals surface area (Å²) < 4.78 is 13.3. The molecule has 2 amide bonds. The second-order valence-electron chi connectivity index (χ2n) is 10.8. The third-order valence-corrected chi connectivity index (χ3v) is 6.14. The number of nitrogens with one attached hydrogen (secondary N) is 1. The molecule has 1 atom stereocenters. The number of fused-ring (bicyclic) bond motifs is 1. The van der Waals surface area contributed by atoms with Gasteiger partial charge in [0.2, 0.25) is 5.91 Å². The highest BCUT2D eigenvalue weighted by molar-refractivity contribution is 5.81. The molecule has 0 aromatic carbocycles. The van der Waals surface area contributed by atoms with Crippen LogP contribution in [-0.4, -0.2) is 58.2 Å². The van der Waals surface area contributed by atoms with Gasteiger partial charge in [-0.15, -0.1) is 0 Å². The molecule has 2 aromatic rings. The van der Waals surface area contributed by atoms with Crippen molar-refractivity contribution in [3.8, 4) is 0 Å². The summed E-state index contributed by atoms with van der Waals surface area (Å²) in [5.74, 6) is 0.664. The van der Waals surface area contributed by atoms with Crippen molar-refractivity contribution in [3.05, 3.63) is 35.4 Å². The highest BCUT2D eigenvalue weighted by atomic mass is 16.6. The molecule has 2 fully saturated rings. The number of rotatable bonds is 4. The van der Waals surface area contributed by atoms with E-state index in [9.17, 15) is 9.59 Å². The normalized spacial score (nSPS) is 19.9. The van der Waals surface area contributed by atoms with Gasteiger partial charge >= 0.3 is 6.09 Å². The van der Waals surface area contributed by atoms with E-state index in [2.05, 4.69) is 22.7 Å². The lowest BCUT2D eigenvalue weighted by Gasteiger charge is -2.30. The molecule has 0 radical (unpaired) electrons. The smallest absolute Gasteiger partial charge is 0.410 e. The Hall–Kier alpha value is -2.61. The van der Waals surface area contributed by atoms with Gasteiger partial charge in [0, 0.05) is 25.2 Å². The molecule has 2 aliphatic rings. The van der Waals surface area contributed by atoms with Crippen molar-refractivity contribution in [2.24, 2.45) is 5.92 Å². The van der Waals surface area contributed by atoms with E-state index in [0.717, 1.165) is 29.9 Å². The Morgan fingerprint density at radius 3 is 2.61 bits per heavy atom. The van der Waals surface area contributed by atoms with Crippen LogP contribution in [0.2, 0.25) is 0 Å². The third kappa shape index (κ3) is 5.16. The molecule has 1 aliphatic heterocycles. The number of aryl methyl sites for hydroxylation is 1. The minimum atomic E-state index is -0.704. The maximum atomic E-state index is 13.3. The first-order chi connectivity index (χ1) is 15.5. The molecular formula is C25H36N4O4. The van der Waals surface area contributed by atoms with Crippen molar-refractivity contribution in [1.82, 2.24) is 19.6 Å². The lowest BCUT2D eigenvalue weighted by atomic mass is 10.0. The SMILES string of the molecule is Cc1cccn2c(C(C)(C)NC(=O)C3COCCN(C(=O)OC(C)(C)C)C3)nc(C3CC3)c12. The average Bonchev–Trinajstić information content (AvgIpc) is 3.50. The molecule has 8 nitrogen and oxygen atoms in total. The number of pyridine rings is 1. The first-order valence-corrected chi connectivity index (χ1v) is 11.8. The Bertz CT molecular complexity index is 1050. The zero-order valence-corrected chi connectivity index (χ0v) is 20.6. The van der Waals surface area contributed by atoms with E-state index in [1.54, 1.807) is 4.90 Å². The quantitative estimate of drug-likeness (QED) is 0.757. The van der Waals surface area contributed by atoms with Crippen LogP contribution in [0.1, 0.15) is 70.5 Å². The summed E-state index contributed by atoms with van der Waals surface area (Å²) in [6.45, 7) is 12.8. The molecule has 3 heterocycles. The molecule has 1 N–H and O–H groups in total. The minimum absolute atomic E-state index is 0.159. The second-order valence-corrected chi connectivity index (χ2v) is 10.8. The number of carbonyl (C=O) groups excluding carboxylic acids is 2. The van der Waals surface area contributed by atoms with Crippen LogP contribution in [0.25, 0.3) is 5.52 Å². The summed E-state index contributed by atoms with van der Waals surface area (Å²) in [6, 6.07) is 4.12. The van der Waals surface area contributed by atoms with Crippen molar-refractivity contribution >= 4 is 17.5 Å². The van der Waals surface area contributed by atoms with Crippen LogP contribution in [0.3, 0.4) is 0 Å². The number of hydrogen-bond donors (Lipinski definition) is 1. The fourth-order valence-electron chi connectivity index (χ4n) is 4.35. The number of aromatic nitrogens is 2. The van der Waals surface area contributed by atoms with Gasteiger partial charge in [-0.05, 0) is 66.0 Å². The van der Waals surface area contributed by atoms with E-state index in [4.69, 9.17) is 14.5 Å². The Morgan fingerprint density at radius 1 is 1.21 bits per heavy atom. The number of imidazole rings is 1. The van der Waals surface area contributed by atoms with E-state index < -0.39 is 23.2 Å². The zero-order chi connectivity index (χ0) is 24.0. The topological polar surface area (TPSA) is 85.2 Å². The van der Waals surface area contributed by atoms with Crippen LogP contribution in [0.15, 0.2) is 18.3 Å². The molecule has 8 heteroatoms. The molecule has 33 heavy (non-hydrogen) atoms. The van der Waals surface area contributed by atoms with E-state index in [-0.39, 0.29) is 19.1 Å². The van der Waals surface area contributed by atoms with Crippen LogP contribution in [0.4, 0.5) is 4.79 Å². The first-order valence-electron chi connectivity index (χ1n) is 11.8. The van der Waals surface area contributed by atoms with E-state index >= 15 is 0 Å². The summed E-state index contributed by atoms with van der Waals surface area (Å²) in [5, 5.41) is 3.18. The molecule has 1 unspecified atom stereocenters. The molecule has 1 saturated carbocycles. The highest BCUT2D eigenvalue weighted by Gasteiger charge is 2.37. The van der Waals surface area contributed by atoms with Crippen LogP contribution < -0.4 is 5.32 Å². The average molecular weight is 457 g/mol. The number of nitrogens with zero attached hydrogens (tertiary/aromatic N) is 3. The Morgan fingerprint density at radius 2 is 1.94 bits per heavy atom. The fraction of sp³-hybridized carbons (Fsp3) is 0.640. The lowest BCUT2D eigenvalue weighted by molar-refractivity contribution is -0.128. The molecule has 1 aliphatic carbocycles. The molecule has 0 bridgehead atoms. The van der Waals surface area contributed by atoms with Gasteiger partial charge in [0.1, 0.15) is 11.4 Å². The first kappa shape index (κ1) is 23.5. The van der Waals surface area contributed by atoms with Crippen molar-refractivity contribution < 1.29 is 19.1 Å². The number of ether oxygens (including phenoxy) is 2. The monoisotopic (exact) mass is 456 g/mol. The number of hydrogen-bond acceptors (Lipinski definition) is 5. The summed E-state index contributed by atoms with van der Waals surface area (Å²) in [5.41, 5.74) is 2.16. The highest BCUT2D eigenvalue weighted by Crippen LogP contribution is 2.43. The van der Waals surface area contributed by atoms with Crippen molar-refractivity contribution in [2.75, 3.05) is 26.3 Å². The Balaban J connectivity index is 1.54. The van der Waals surface area contributed by atoms with Crippen LogP contribution in [0.5, 0.6) is 0 Å². The summed E-state index contributed by atoms with van der Waals surface area (Å²) in [4.78, 5) is 32.5. The Kier molecular flexibility index (Phi) is 6.16. The van der Waals surface area contributed by atoms with Gasteiger partial charge in [-0.2, -0.15) is 0 Å². The maximum Gasteiger partial charge on any atom is 0.410 e. The molecular weight excluding hydrogens is 420 g/mol. The molecule has 0 spiro atoms. The van der Waals surface area contributed by atoms with Crippen LogP contribution in [-0.2, 0) is 19.8 Å². The zero-order valence-electron chi connectivity index (χ0n) is 20.6. The largest absolute Gasteiger partial charge is 0.444 e. The van der Waals surface area contributed by atoms with Crippen molar-refractivity contribution in [1.29, 1.82) is 0 Å². The number of amides is 2. The van der Waals surface area contributed by atoms with Gasteiger partial charge in [-0.3, -0.25) is 4.79 Å². The standard InChI is InChI=1S/C25H36N4O4/c1-16-8-7-11-29-20(16)19(17-9-10-17)26-22(29)25(5,6)27-21(30)18-14-28(12-13-32-15-18)23(31)33-24(2,3)4/h7-8,11,17-18H,9-10,12-15H2,1-6H3,(H,27,30). The van der Waals surface area contributed by atoms with Gasteiger partial charge in [0.15, 0.2) is 0 Å². The minimum Gasteiger partial charge on any atom is -0.444 e. The van der Waals surface area contributed by atoms with E-state index in [0.29, 0.717) is 19.1 Å². The number of carbonyl (C=O) groups is 2. The maximum absolute atomic E-state index is 13.3. The van der Waals surface area contributed by atoms with Crippen LogP contribution >= 0.6 is 0 Å². The van der Waals surface area contributed by atoms with E-state index in [1.807, 2.05) is 46.9 Å². The van der Waals surface area contributed by atoms with E-state index in [1.165, 1.54) is 5.56 Å². The van der Waals surface area contributed by atoms with Crippen molar-refractivity contribution in [2.45, 2.75) is 71.4 Å². The predicted octanol–water partition coefficient (Wildman–Crippen LogP) is 3.75. The third-order valence-electron chi connectivity index (χ3n) is 6.14. The van der Waals surface area contributed by atoms with Crippen LogP contribution in [0, 0.1) is 12.8 Å². The molecule has 2 aromatic heterocycles. The predicted molar refractivity (Wildman–Crippen MR) is 125 cm³/mol. The summed E-state index contributed by atoms with van der Waals surface area (Å²) in [7, 11) is 0. The Labute approximate surface area is 195 Å². The van der Waals surface area contributed by atoms with Crippen molar-refractivity contribution in [3.63, 3.8) is 0 Å². The van der Waals surface area contributed by atoms with Gasteiger partial charge in [-0.25, -0.2) is 9.78 Å². The van der Waals surface area contributed by atoms with Gasteiger partial charge in [-0.1, -0.05) is 6.07 Å². The molecule has 4 rings (SSSR count). The molecule has 1 saturated heterocycles. The lowest BCUT2D eigenvalue weighted by Crippen LogP contribution is -2.49. The van der Waals surface area contributed by atoms with Gasteiger partial charge in [0.25, 0.3) is 0 Å².